The summed E-state index contributed by atoms with van der Waals surface area (Å²) >= 11 is 0. The van der Waals surface area contributed by atoms with E-state index in [2.05, 4.69) is 0 Å². The van der Waals surface area contributed by atoms with Crippen molar-refractivity contribution in [3.05, 3.63) is 30.1 Å². The van der Waals surface area contributed by atoms with Crippen LogP contribution in [0.3, 0.4) is 0 Å². The lowest BCUT2D eigenvalue weighted by Gasteiger charge is -2.39. The molecule has 0 bridgehead atoms. The molecule has 7 heteroatoms. The number of alkyl halides is 2. The Bertz CT molecular complexity index is 664. The molecule has 1 spiro atoms. The molecule has 1 aromatic carbocycles. The second-order valence-corrected chi connectivity index (χ2v) is 6.44. The van der Waals surface area contributed by atoms with E-state index >= 15 is 0 Å². The molecule has 1 saturated carbocycles. The average molecular weight is 327 g/mol. The van der Waals surface area contributed by atoms with Crippen LogP contribution in [0.2, 0.25) is 0 Å². The summed E-state index contributed by atoms with van der Waals surface area (Å²) < 4.78 is 41.3. The van der Waals surface area contributed by atoms with E-state index in [1.807, 2.05) is 0 Å². The van der Waals surface area contributed by atoms with E-state index in [-0.39, 0.29) is 19.4 Å². The Morgan fingerprint density at radius 3 is 2.70 bits per heavy atom. The number of hydrogen-bond donors (Lipinski definition) is 1. The van der Waals surface area contributed by atoms with Gasteiger partial charge in [-0.25, -0.2) is 13.2 Å². The van der Waals surface area contributed by atoms with Crippen molar-refractivity contribution in [1.29, 1.82) is 0 Å². The fourth-order valence-corrected chi connectivity index (χ4v) is 3.78. The van der Waals surface area contributed by atoms with E-state index < -0.39 is 47.8 Å². The van der Waals surface area contributed by atoms with Crippen LogP contribution in [0.5, 0.6) is 0 Å². The van der Waals surface area contributed by atoms with Gasteiger partial charge in [0.2, 0.25) is 11.8 Å². The van der Waals surface area contributed by atoms with Crippen LogP contribution >= 0.6 is 0 Å². The zero-order valence-electron chi connectivity index (χ0n) is 12.3. The van der Waals surface area contributed by atoms with Crippen LogP contribution in [0, 0.1) is 17.2 Å². The maximum absolute atomic E-state index is 14.0. The molecule has 2 aliphatic rings. The van der Waals surface area contributed by atoms with Crippen LogP contribution in [-0.2, 0) is 9.59 Å². The van der Waals surface area contributed by atoms with Gasteiger partial charge in [-0.3, -0.25) is 9.59 Å². The molecule has 2 fully saturated rings. The Labute approximate surface area is 130 Å². The van der Waals surface area contributed by atoms with E-state index in [0.29, 0.717) is 5.69 Å². The molecule has 1 aromatic rings. The highest BCUT2D eigenvalue weighted by Crippen LogP contribution is 2.53. The summed E-state index contributed by atoms with van der Waals surface area (Å²) in [5.74, 6) is -6.78. The summed E-state index contributed by atoms with van der Waals surface area (Å²) in [5, 5.41) is 9.11. The number of anilines is 1. The SMILES string of the molecule is O=C(O)C1CC(F)(F)C[C@@]2(CCN(c3cccc(F)c3)C2=O)C1. The number of aliphatic carboxylic acids is 1. The predicted molar refractivity (Wildman–Crippen MR) is 75.7 cm³/mol. The van der Waals surface area contributed by atoms with Crippen molar-refractivity contribution in [2.24, 2.45) is 11.3 Å². The standard InChI is InChI=1S/C16H16F3NO3/c17-11-2-1-3-12(6-11)20-5-4-15(14(20)23)7-10(13(21)22)8-16(18,19)9-15/h1-3,6,10H,4-5,7-9H2,(H,21,22)/t10?,15-/m1/s1. The van der Waals surface area contributed by atoms with Gasteiger partial charge in [0, 0.05) is 25.1 Å². The lowest BCUT2D eigenvalue weighted by atomic mass is 9.67. The highest BCUT2D eigenvalue weighted by atomic mass is 19.3. The Kier molecular flexibility index (Phi) is 3.61. The zero-order chi connectivity index (χ0) is 16.8. The average Bonchev–Trinajstić information content (AvgIpc) is 2.74. The smallest absolute Gasteiger partial charge is 0.306 e. The topological polar surface area (TPSA) is 57.6 Å². The Balaban J connectivity index is 1.91. The summed E-state index contributed by atoms with van der Waals surface area (Å²) in [6, 6.07) is 5.38. The number of carboxylic acid groups (broad SMARTS) is 1. The number of halogens is 3. The number of amides is 1. The Morgan fingerprint density at radius 1 is 1.30 bits per heavy atom. The van der Waals surface area contributed by atoms with Crippen molar-refractivity contribution in [2.45, 2.75) is 31.6 Å². The summed E-state index contributed by atoms with van der Waals surface area (Å²) in [5.41, 5.74) is -1.07. The van der Waals surface area contributed by atoms with Gasteiger partial charge in [-0.2, -0.15) is 0 Å². The van der Waals surface area contributed by atoms with Crippen molar-refractivity contribution in [2.75, 3.05) is 11.4 Å². The molecule has 1 aliphatic heterocycles. The second-order valence-electron chi connectivity index (χ2n) is 6.44. The van der Waals surface area contributed by atoms with E-state index in [1.165, 1.54) is 29.2 Å². The number of hydrogen-bond acceptors (Lipinski definition) is 2. The van der Waals surface area contributed by atoms with Gasteiger partial charge in [-0.1, -0.05) is 6.07 Å². The fraction of sp³-hybridized carbons (Fsp3) is 0.500. The van der Waals surface area contributed by atoms with Crippen LogP contribution in [0.1, 0.15) is 25.7 Å². The normalized spacial score (nSPS) is 30.0. The first-order chi connectivity index (χ1) is 10.7. The highest BCUT2D eigenvalue weighted by molar-refractivity contribution is 6.00. The molecule has 1 unspecified atom stereocenters. The van der Waals surface area contributed by atoms with Gasteiger partial charge in [0.05, 0.1) is 11.3 Å². The van der Waals surface area contributed by atoms with Crippen molar-refractivity contribution >= 4 is 17.6 Å². The summed E-state index contributed by atoms with van der Waals surface area (Å²) in [6.07, 6.45) is -1.32. The maximum Gasteiger partial charge on any atom is 0.306 e. The first-order valence-electron chi connectivity index (χ1n) is 7.41. The molecule has 1 amide bonds. The van der Waals surface area contributed by atoms with Crippen LogP contribution < -0.4 is 4.90 Å². The first-order valence-corrected chi connectivity index (χ1v) is 7.41. The zero-order valence-corrected chi connectivity index (χ0v) is 12.3. The number of carboxylic acids is 1. The van der Waals surface area contributed by atoms with Gasteiger partial charge in [0.15, 0.2) is 0 Å². The molecular formula is C16H16F3NO3. The van der Waals surface area contributed by atoms with Crippen LogP contribution in [0.15, 0.2) is 24.3 Å². The third-order valence-electron chi connectivity index (χ3n) is 4.76. The molecule has 3 rings (SSSR count). The van der Waals surface area contributed by atoms with E-state index in [4.69, 9.17) is 5.11 Å². The molecule has 4 nitrogen and oxygen atoms in total. The number of carbonyl (C=O) groups excluding carboxylic acids is 1. The van der Waals surface area contributed by atoms with Crippen molar-refractivity contribution in [1.82, 2.24) is 0 Å². The Hall–Kier alpha value is -2.05. The largest absolute Gasteiger partial charge is 0.481 e. The molecule has 1 aliphatic carbocycles. The lowest BCUT2D eigenvalue weighted by molar-refractivity contribution is -0.160. The maximum atomic E-state index is 14.0. The van der Waals surface area contributed by atoms with Crippen molar-refractivity contribution in [3.63, 3.8) is 0 Å². The third-order valence-corrected chi connectivity index (χ3v) is 4.76. The molecule has 124 valence electrons. The van der Waals surface area contributed by atoms with E-state index in [9.17, 15) is 22.8 Å². The minimum Gasteiger partial charge on any atom is -0.481 e. The van der Waals surface area contributed by atoms with Crippen LogP contribution in [0.4, 0.5) is 18.9 Å². The molecule has 23 heavy (non-hydrogen) atoms. The first kappa shape index (κ1) is 15.8. The Morgan fingerprint density at radius 2 is 2.04 bits per heavy atom. The molecule has 0 radical (unpaired) electrons. The molecule has 1 heterocycles. The lowest BCUT2D eigenvalue weighted by Crippen LogP contribution is -2.46. The summed E-state index contributed by atoms with van der Waals surface area (Å²) in [4.78, 5) is 25.2. The van der Waals surface area contributed by atoms with Gasteiger partial charge in [-0.15, -0.1) is 0 Å². The van der Waals surface area contributed by atoms with E-state index in [1.54, 1.807) is 0 Å². The van der Waals surface area contributed by atoms with Crippen molar-refractivity contribution in [3.8, 4) is 0 Å². The van der Waals surface area contributed by atoms with Crippen LogP contribution in [0.25, 0.3) is 0 Å². The van der Waals surface area contributed by atoms with Gasteiger partial charge in [-0.05, 0) is 31.0 Å². The third kappa shape index (κ3) is 2.80. The summed E-state index contributed by atoms with van der Waals surface area (Å²) in [7, 11) is 0. The molecule has 2 atom stereocenters. The quantitative estimate of drug-likeness (QED) is 0.908. The number of nitrogens with zero attached hydrogens (tertiary/aromatic N) is 1. The minimum absolute atomic E-state index is 0.0947. The number of benzene rings is 1. The number of rotatable bonds is 2. The number of carbonyl (C=O) groups is 2. The molecule has 1 N–H and O–H groups in total. The highest BCUT2D eigenvalue weighted by Gasteiger charge is 2.58. The summed E-state index contributed by atoms with van der Waals surface area (Å²) in [6.45, 7) is 0.185. The van der Waals surface area contributed by atoms with Gasteiger partial charge in [0.25, 0.3) is 0 Å². The van der Waals surface area contributed by atoms with Gasteiger partial charge < -0.3 is 10.0 Å². The fourth-order valence-electron chi connectivity index (χ4n) is 3.78. The van der Waals surface area contributed by atoms with Gasteiger partial charge >= 0.3 is 5.97 Å². The monoisotopic (exact) mass is 327 g/mol. The predicted octanol–water partition coefficient (Wildman–Crippen LogP) is 3.07. The van der Waals surface area contributed by atoms with Crippen LogP contribution in [-0.4, -0.2) is 29.5 Å². The molecule has 0 aromatic heterocycles. The van der Waals surface area contributed by atoms with E-state index in [0.717, 1.165) is 0 Å². The minimum atomic E-state index is -3.19. The molecule has 1 saturated heterocycles. The van der Waals surface area contributed by atoms with Crippen molar-refractivity contribution < 1.29 is 27.9 Å². The second kappa shape index (κ2) is 5.25. The van der Waals surface area contributed by atoms with Gasteiger partial charge in [0.1, 0.15) is 5.82 Å². The molecular weight excluding hydrogens is 311 g/mol.